The largest absolute Gasteiger partial charge is 0.508 e. The third-order valence-corrected chi connectivity index (χ3v) is 18.6. The van der Waals surface area contributed by atoms with Gasteiger partial charge in [0, 0.05) is 70.2 Å². The molecule has 0 unspecified atom stereocenters. The minimum atomic E-state index is -0.541. The molecular weight excluding hydrogens is 1730 g/mol. The number of aryl methyl sites for hydroxylation is 8. The average Bonchev–Trinajstić information content (AvgIpc) is 0.846. The number of rotatable bonds is 32. The molecule has 23 heteroatoms. The van der Waals surface area contributed by atoms with Crippen LogP contribution in [0.1, 0.15) is 160 Å². The Morgan fingerprint density at radius 1 is 0.352 bits per heavy atom. The summed E-state index contributed by atoms with van der Waals surface area (Å²) in [5, 5.41) is 64.9. The van der Waals surface area contributed by atoms with Crippen LogP contribution in [0.5, 0.6) is 17.2 Å². The molecule has 17 nitrogen and oxygen atoms in total. The Hall–Kier alpha value is -7.32. The van der Waals surface area contributed by atoms with Crippen molar-refractivity contribution in [2.75, 3.05) is 0 Å². The zero-order valence-electron chi connectivity index (χ0n) is 63.1. The lowest BCUT2D eigenvalue weighted by atomic mass is 10.1. The van der Waals surface area contributed by atoms with Crippen LogP contribution in [-0.4, -0.2) is 82.0 Å². The molecule has 0 aliphatic rings. The summed E-state index contributed by atoms with van der Waals surface area (Å²) >= 11 is 20.3. The number of hydrogen-bond donors (Lipinski definition) is 11. The van der Waals surface area contributed by atoms with Crippen molar-refractivity contribution in [3.8, 4) is 17.2 Å². The summed E-state index contributed by atoms with van der Waals surface area (Å²) in [6.45, 7) is 16.3. The average molecular weight is 1840 g/mol. The fourth-order valence-corrected chi connectivity index (χ4v) is 12.7. The molecule has 0 saturated carbocycles. The molecule has 0 aliphatic heterocycles. The van der Waals surface area contributed by atoms with E-state index in [9.17, 15) is 29.7 Å². The van der Waals surface area contributed by atoms with Gasteiger partial charge in [-0.25, -0.2) is 0 Å². The summed E-state index contributed by atoms with van der Waals surface area (Å²) in [5.74, 6) is 0.900. The highest BCUT2D eigenvalue weighted by Crippen LogP contribution is 2.33. The monoisotopic (exact) mass is 1840 g/mol. The lowest BCUT2D eigenvalue weighted by Crippen LogP contribution is -2.25. The van der Waals surface area contributed by atoms with E-state index in [1.807, 2.05) is 152 Å². The number of nitrogens with one attached hydrogen (secondary N) is 5. The smallest absolute Gasteiger partial charge is 0.294 e. The maximum atomic E-state index is 9.96. The first kappa shape index (κ1) is 98.7. The summed E-state index contributed by atoms with van der Waals surface area (Å²) < 4.78 is 19.6. The Morgan fingerprint density at radius 3 is 1.08 bits per heavy atom. The van der Waals surface area contributed by atoms with Gasteiger partial charge in [-0.15, -0.1) is 0 Å². The molecular formula is C85H108Br6N8O9. The number of phenols is 3. The van der Waals surface area contributed by atoms with Crippen molar-refractivity contribution < 1.29 is 43.9 Å². The zero-order chi connectivity index (χ0) is 80.9. The number of benzene rings is 8. The van der Waals surface area contributed by atoms with E-state index in [2.05, 4.69) is 152 Å². The molecule has 8 aromatic carbocycles. The predicted octanol–water partition coefficient (Wildman–Crippen LogP) is 21.9. The summed E-state index contributed by atoms with van der Waals surface area (Å²) in [6, 6.07) is 55.1. The number of halogens is 6. The molecule has 0 amide bonds. The fraction of sp³-hybridized carbons (Fsp3) is 0.341. The summed E-state index contributed by atoms with van der Waals surface area (Å²) in [6.07, 6.45) is 14.0. The van der Waals surface area contributed by atoms with Crippen LogP contribution in [0.4, 0.5) is 0 Å². The van der Waals surface area contributed by atoms with Gasteiger partial charge in [0.05, 0.1) is 4.47 Å². The minimum Gasteiger partial charge on any atom is -0.508 e. The van der Waals surface area contributed by atoms with Gasteiger partial charge in [-0.2, -0.15) is 0 Å². The number of phenolic OH excluding ortho intramolecular Hbond substituents is 3. The van der Waals surface area contributed by atoms with Crippen molar-refractivity contribution in [2.45, 2.75) is 190 Å². The third-order valence-electron chi connectivity index (χ3n) is 15.3. The summed E-state index contributed by atoms with van der Waals surface area (Å²) in [5.41, 5.74) is 32.8. The molecule has 0 fully saturated rings. The van der Waals surface area contributed by atoms with Crippen LogP contribution in [0.2, 0.25) is 0 Å². The van der Waals surface area contributed by atoms with Crippen LogP contribution in [0, 0.1) is 47.8 Å². The number of carbonyl (C=O) groups is 3. The zero-order valence-corrected chi connectivity index (χ0v) is 72.7. The topological polar surface area (TPSA) is 337 Å². The van der Waals surface area contributed by atoms with E-state index in [-0.39, 0.29) is 0 Å². The van der Waals surface area contributed by atoms with Gasteiger partial charge in [-0.05, 0) is 285 Å². The van der Waals surface area contributed by atoms with Gasteiger partial charge >= 0.3 is 0 Å². The number of aromatic hydroxyl groups is 3. The second-order valence-electron chi connectivity index (χ2n) is 25.8. The van der Waals surface area contributed by atoms with E-state index in [1.54, 1.807) is 31.2 Å². The van der Waals surface area contributed by atoms with Gasteiger partial charge < -0.3 is 56.6 Å². The summed E-state index contributed by atoms with van der Waals surface area (Å²) in [4.78, 5) is 29.9. The maximum Gasteiger partial charge on any atom is 0.294 e. The van der Waals surface area contributed by atoms with Crippen molar-refractivity contribution in [2.24, 2.45) is 17.2 Å². The molecule has 14 N–H and O–H groups in total. The molecule has 0 aromatic heterocycles. The number of nitrogens with two attached hydrogens (primary N) is 3. The van der Waals surface area contributed by atoms with Crippen LogP contribution in [0.3, 0.4) is 0 Å². The Kier molecular flexibility index (Phi) is 53.6. The first-order chi connectivity index (χ1) is 51.2. The highest BCUT2D eigenvalue weighted by atomic mass is 75.9. The van der Waals surface area contributed by atoms with Crippen molar-refractivity contribution in [3.05, 3.63) is 258 Å². The van der Waals surface area contributed by atoms with Crippen LogP contribution < -0.4 is 17.2 Å². The van der Waals surface area contributed by atoms with Gasteiger partial charge in [-0.1, -0.05) is 193 Å². The Labute approximate surface area is 690 Å². The van der Waals surface area contributed by atoms with Gasteiger partial charge in [0.2, 0.25) is 0 Å². The van der Waals surface area contributed by atoms with E-state index in [0.717, 1.165) is 163 Å². The quantitative estimate of drug-likeness (QED) is 0.00811. The van der Waals surface area contributed by atoms with E-state index in [0.29, 0.717) is 77.5 Å². The van der Waals surface area contributed by atoms with Gasteiger partial charge in [-0.3, -0.25) is 31.6 Å². The summed E-state index contributed by atoms with van der Waals surface area (Å²) in [7, 11) is 0. The number of carbonyl (C=O) groups excluding carboxylic acids is 3. The van der Waals surface area contributed by atoms with Crippen molar-refractivity contribution >= 4 is 144 Å². The van der Waals surface area contributed by atoms with Crippen LogP contribution in [-0.2, 0) is 80.0 Å². The highest BCUT2D eigenvalue weighted by molar-refractivity contribution is 9.11. The molecule has 108 heavy (non-hydrogen) atoms. The van der Waals surface area contributed by atoms with E-state index in [1.165, 1.54) is 27.8 Å². The van der Waals surface area contributed by atoms with E-state index < -0.39 is 18.7 Å². The Balaban J connectivity index is 0.000000617. The van der Waals surface area contributed by atoms with Crippen molar-refractivity contribution in [1.82, 2.24) is 0 Å². The van der Waals surface area contributed by atoms with Crippen molar-refractivity contribution in [3.63, 3.8) is 0 Å². The standard InChI is InChI=1S/C11H13Br2NO.2C11H14BrNO.2C11H14BrN.3C10H13NO2/c1-7(14)3-2-4-8-5-9(12)6-10(13)11(8)15;1-8(13)3-2-4-9-5-10(12)7-11(14)6-9;1-8(13)3-2-4-9-7-10(14)5-6-11(9)12;1-9(13)4-2-5-10-6-3-7-11(12)8-10;1-9(13)3-2-4-10-5-7-11(12)8-6-10;3*1-8-2-4-9(5-3-8)6-10(11)13-7-12/h5-6,14-15H,2-4H2,1H3;2*5-7,13-14H,2-4H2,1H3;3,6-8,13H,2,4-5H2,1H3;5-8,13H,2-4H2,1H3;3*2-5,7,10H,6,11H2,1H3/t;;;;;3*10-/m.....000/s1/i12-4,13-4;4*12-4;;;. The first-order valence-corrected chi connectivity index (χ1v) is 40.0. The van der Waals surface area contributed by atoms with Crippen LogP contribution in [0.15, 0.2) is 197 Å². The molecule has 0 bridgehead atoms. The highest BCUT2D eigenvalue weighted by Gasteiger charge is 2.10. The van der Waals surface area contributed by atoms with Gasteiger partial charge in [0.1, 0.15) is 17.2 Å². The second-order valence-corrected chi connectivity index (χ2v) is 31.2. The van der Waals surface area contributed by atoms with E-state index >= 15 is 0 Å². The van der Waals surface area contributed by atoms with Crippen LogP contribution in [0.25, 0.3) is 0 Å². The lowest BCUT2D eigenvalue weighted by molar-refractivity contribution is -0.134. The molecule has 8 aromatic rings. The Bertz CT molecular complexity index is 3800. The third kappa shape index (κ3) is 51.9. The predicted molar refractivity (Wildman–Crippen MR) is 465 cm³/mol. The van der Waals surface area contributed by atoms with Crippen molar-refractivity contribution in [1.29, 1.82) is 27.0 Å². The second kappa shape index (κ2) is 58.6. The lowest BCUT2D eigenvalue weighted by Gasteiger charge is -2.08. The molecule has 0 heterocycles. The van der Waals surface area contributed by atoms with Gasteiger partial charge in [0.25, 0.3) is 19.4 Å². The normalized spacial score (nSPS) is 10.9. The Morgan fingerprint density at radius 2 is 0.704 bits per heavy atom. The van der Waals surface area contributed by atoms with Gasteiger partial charge in [0.15, 0.2) is 18.7 Å². The maximum absolute atomic E-state index is 9.96. The molecule has 0 saturated heterocycles. The molecule has 8 rings (SSSR count). The molecule has 0 radical (unpaired) electrons. The molecule has 584 valence electrons. The fourth-order valence-electron chi connectivity index (χ4n) is 9.67. The first-order valence-electron chi connectivity index (χ1n) is 35.2. The molecule has 3 atom stereocenters. The number of hydrogen-bond acceptors (Lipinski definition) is 17. The molecule has 0 spiro atoms. The minimum absolute atomic E-state index is 0.293. The van der Waals surface area contributed by atoms with Crippen LogP contribution >= 0.6 is 95.6 Å². The SMILES string of the molecule is CC(=N)CCCc1cc(O)cc([76Br])c1.CC(=N)CCCc1cc(O)ccc1[76Br].CC(=N)CCCc1cc([76Br])cc([76Br])c1O.CC(=N)CCCc1ccc([76Br])cc1.CC(=N)CCCc1cccc([76Br])c1.Cc1ccc(C[C@@H](N)OC=O)cc1.Cc1ccc(C[C@@H](N)OC=O)cc1.Cc1ccc(C[C@@H](N)OC=O)cc1. The number of ether oxygens (including phenoxy) is 3. The molecule has 0 aliphatic carbocycles. The van der Waals surface area contributed by atoms with E-state index in [4.69, 9.17) is 44.2 Å².